The largest absolute Gasteiger partial charge is 0.134 e. The molecule has 0 bridgehead atoms. The molecular weight excluding hydrogens is 485 g/mol. The number of rotatable bonds is 15. The van der Waals surface area contributed by atoms with Crippen molar-refractivity contribution in [1.29, 1.82) is 0 Å². The highest BCUT2D eigenvalue weighted by molar-refractivity contribution is 7.33. The van der Waals surface area contributed by atoms with E-state index in [-0.39, 0.29) is 0 Å². The monoisotopic (exact) mass is 528 g/mol. The smallest absolute Gasteiger partial charge is 0.0534 e. The van der Waals surface area contributed by atoms with Gasteiger partial charge in [-0.1, -0.05) is 121 Å². The van der Waals surface area contributed by atoms with Crippen LogP contribution in [0.3, 0.4) is 0 Å². The van der Waals surface area contributed by atoms with E-state index in [0.717, 1.165) is 0 Å². The molecule has 0 unspecified atom stereocenters. The molecule has 0 N–H and O–H groups in total. The lowest BCUT2D eigenvalue weighted by Crippen LogP contribution is -1.86. The predicted octanol–water partition coefficient (Wildman–Crippen LogP) is 12.6. The summed E-state index contributed by atoms with van der Waals surface area (Å²) < 4.78 is 5.88. The molecule has 0 atom stereocenters. The fourth-order valence-electron chi connectivity index (χ4n) is 5.86. The van der Waals surface area contributed by atoms with Crippen molar-refractivity contribution in [1.82, 2.24) is 0 Å². The molecule has 0 amide bonds. The molecule has 0 aliphatic carbocycles. The summed E-state index contributed by atoms with van der Waals surface area (Å²) in [5.41, 5.74) is 3.01. The standard InChI is InChI=1S/C35H44S2/c1-3-5-7-8-9-10-11-12-13-15-17-27-19-21-29-31-23-22-30-28-20-18-26(16-14-6-4-2)24-32(28)36-34(30)35(31)37-33(29)25-27/h18-25H,3-17H2,1-2H3. The maximum atomic E-state index is 2.48. The molecule has 3 aromatic carbocycles. The third kappa shape index (κ3) is 6.40. The second kappa shape index (κ2) is 13.3. The Bertz CT molecular complexity index is 1430. The van der Waals surface area contributed by atoms with E-state index in [1.807, 2.05) is 22.7 Å². The second-order valence-electron chi connectivity index (χ2n) is 11.1. The first-order chi connectivity index (χ1) is 18.3. The van der Waals surface area contributed by atoms with Gasteiger partial charge in [-0.15, -0.1) is 22.7 Å². The molecule has 2 heterocycles. The summed E-state index contributed by atoms with van der Waals surface area (Å²) in [7, 11) is 0. The Morgan fingerprint density at radius 1 is 0.432 bits per heavy atom. The topological polar surface area (TPSA) is 0 Å². The highest BCUT2D eigenvalue weighted by Gasteiger charge is 2.13. The van der Waals surface area contributed by atoms with Gasteiger partial charge in [-0.05, 0) is 48.9 Å². The van der Waals surface area contributed by atoms with E-state index in [1.165, 1.54) is 148 Å². The molecule has 0 nitrogen and oxygen atoms in total. The molecule has 5 aromatic rings. The van der Waals surface area contributed by atoms with E-state index < -0.39 is 0 Å². The van der Waals surface area contributed by atoms with Crippen LogP contribution in [0.2, 0.25) is 0 Å². The van der Waals surface area contributed by atoms with Gasteiger partial charge in [-0.2, -0.15) is 0 Å². The first-order valence-corrected chi connectivity index (χ1v) is 16.7. The van der Waals surface area contributed by atoms with Crippen molar-refractivity contribution in [2.75, 3.05) is 0 Å². The third-order valence-corrected chi connectivity index (χ3v) is 10.6. The molecule has 196 valence electrons. The number of aryl methyl sites for hydroxylation is 2. The zero-order valence-electron chi connectivity index (χ0n) is 23.0. The Labute approximate surface area is 232 Å². The maximum Gasteiger partial charge on any atom is 0.0534 e. The molecule has 0 saturated heterocycles. The Kier molecular flexibility index (Phi) is 9.56. The van der Waals surface area contributed by atoms with Gasteiger partial charge < -0.3 is 0 Å². The van der Waals surface area contributed by atoms with Crippen LogP contribution in [0.15, 0.2) is 48.5 Å². The summed E-state index contributed by atoms with van der Waals surface area (Å²) in [6.45, 7) is 4.58. The molecular formula is C35H44S2. The molecule has 0 aliphatic heterocycles. The van der Waals surface area contributed by atoms with Crippen molar-refractivity contribution in [3.05, 3.63) is 59.7 Å². The highest BCUT2D eigenvalue weighted by atomic mass is 32.1. The SMILES string of the molecule is CCCCCCCCCCCCc1ccc2c(c1)sc1c2ccc2c3ccc(CCCCC)cc3sc21. The van der Waals surface area contributed by atoms with Gasteiger partial charge in [0.15, 0.2) is 0 Å². The zero-order chi connectivity index (χ0) is 25.5. The summed E-state index contributed by atoms with van der Waals surface area (Å²) in [6, 6.07) is 19.2. The van der Waals surface area contributed by atoms with Crippen molar-refractivity contribution < 1.29 is 0 Å². The van der Waals surface area contributed by atoms with Crippen molar-refractivity contribution >= 4 is 63.0 Å². The lowest BCUT2D eigenvalue weighted by atomic mass is 10.0. The highest BCUT2D eigenvalue weighted by Crippen LogP contribution is 2.44. The molecule has 37 heavy (non-hydrogen) atoms. The predicted molar refractivity (Wildman–Crippen MR) is 171 cm³/mol. The minimum absolute atomic E-state index is 1.21. The summed E-state index contributed by atoms with van der Waals surface area (Å²) in [4.78, 5) is 0. The average Bonchev–Trinajstić information content (AvgIpc) is 3.47. The van der Waals surface area contributed by atoms with E-state index >= 15 is 0 Å². The molecule has 0 spiro atoms. The molecule has 0 aliphatic rings. The number of fused-ring (bicyclic) bond motifs is 7. The van der Waals surface area contributed by atoms with Crippen LogP contribution in [-0.4, -0.2) is 0 Å². The van der Waals surface area contributed by atoms with E-state index in [9.17, 15) is 0 Å². The molecule has 2 heteroatoms. The second-order valence-corrected chi connectivity index (χ2v) is 13.2. The van der Waals surface area contributed by atoms with Gasteiger partial charge in [-0.25, -0.2) is 0 Å². The van der Waals surface area contributed by atoms with Crippen molar-refractivity contribution in [3.8, 4) is 0 Å². The van der Waals surface area contributed by atoms with Gasteiger partial charge in [0.1, 0.15) is 0 Å². The lowest BCUT2D eigenvalue weighted by molar-refractivity contribution is 0.556. The van der Waals surface area contributed by atoms with Gasteiger partial charge in [-0.3, -0.25) is 0 Å². The molecule has 0 fully saturated rings. The lowest BCUT2D eigenvalue weighted by Gasteiger charge is -2.03. The van der Waals surface area contributed by atoms with E-state index in [2.05, 4.69) is 62.4 Å². The zero-order valence-corrected chi connectivity index (χ0v) is 24.7. The van der Waals surface area contributed by atoms with Gasteiger partial charge >= 0.3 is 0 Å². The minimum Gasteiger partial charge on any atom is -0.134 e. The van der Waals surface area contributed by atoms with E-state index in [4.69, 9.17) is 0 Å². The van der Waals surface area contributed by atoms with Crippen LogP contribution in [0, 0.1) is 0 Å². The fourth-order valence-corrected chi connectivity index (χ4v) is 8.53. The maximum absolute atomic E-state index is 2.48. The number of thiophene rings is 2. The van der Waals surface area contributed by atoms with Crippen molar-refractivity contribution in [3.63, 3.8) is 0 Å². The minimum atomic E-state index is 1.21. The summed E-state index contributed by atoms with van der Waals surface area (Å²) in [6.07, 6.45) is 20.4. The van der Waals surface area contributed by atoms with Crippen LogP contribution < -0.4 is 0 Å². The molecule has 0 radical (unpaired) electrons. The fraction of sp³-hybridized carbons (Fsp3) is 0.486. The van der Waals surface area contributed by atoms with Crippen LogP contribution in [0.4, 0.5) is 0 Å². The van der Waals surface area contributed by atoms with Gasteiger partial charge in [0.05, 0.1) is 9.40 Å². The average molecular weight is 529 g/mol. The van der Waals surface area contributed by atoms with Crippen molar-refractivity contribution in [2.24, 2.45) is 0 Å². The summed E-state index contributed by atoms with van der Waals surface area (Å²) >= 11 is 4.01. The quantitative estimate of drug-likeness (QED) is 0.119. The van der Waals surface area contributed by atoms with Crippen LogP contribution in [-0.2, 0) is 12.8 Å². The number of hydrogen-bond acceptors (Lipinski definition) is 2. The number of unbranched alkanes of at least 4 members (excludes halogenated alkanes) is 11. The normalized spacial score (nSPS) is 12.1. The van der Waals surface area contributed by atoms with Crippen LogP contribution in [0.5, 0.6) is 0 Å². The Morgan fingerprint density at radius 2 is 0.811 bits per heavy atom. The van der Waals surface area contributed by atoms with Crippen LogP contribution >= 0.6 is 22.7 Å². The van der Waals surface area contributed by atoms with Crippen LogP contribution in [0.1, 0.15) is 108 Å². The van der Waals surface area contributed by atoms with Gasteiger partial charge in [0.25, 0.3) is 0 Å². The Balaban J connectivity index is 1.25. The van der Waals surface area contributed by atoms with E-state index in [1.54, 1.807) is 0 Å². The van der Waals surface area contributed by atoms with Gasteiger partial charge in [0.2, 0.25) is 0 Å². The molecule has 0 saturated carbocycles. The molecule has 5 rings (SSSR count). The molecule has 2 aromatic heterocycles. The Hall–Kier alpha value is -1.90. The Morgan fingerprint density at radius 3 is 1.30 bits per heavy atom. The first-order valence-electron chi connectivity index (χ1n) is 15.1. The summed E-state index contributed by atoms with van der Waals surface area (Å²) in [5, 5.41) is 5.74. The summed E-state index contributed by atoms with van der Waals surface area (Å²) in [5.74, 6) is 0. The van der Waals surface area contributed by atoms with Crippen LogP contribution in [0.25, 0.3) is 40.3 Å². The van der Waals surface area contributed by atoms with E-state index in [0.29, 0.717) is 0 Å². The first kappa shape index (κ1) is 26.7. The van der Waals surface area contributed by atoms with Gasteiger partial charge in [0, 0.05) is 30.9 Å². The van der Waals surface area contributed by atoms with Crippen molar-refractivity contribution in [2.45, 2.75) is 110 Å². The number of benzene rings is 3. The number of hydrogen-bond donors (Lipinski definition) is 0. The third-order valence-electron chi connectivity index (χ3n) is 8.10.